The molecule has 0 aliphatic carbocycles. The van der Waals surface area contributed by atoms with Crippen molar-refractivity contribution in [3.63, 3.8) is 0 Å². The summed E-state index contributed by atoms with van der Waals surface area (Å²) in [5.41, 5.74) is 1.56. The molecule has 1 heterocycles. The molecule has 2 rings (SSSR count). The number of carbonyl (C=O) groups excluding carboxylic acids is 2. The number of rotatable bonds is 8. The van der Waals surface area contributed by atoms with Gasteiger partial charge in [-0.15, -0.1) is 11.8 Å². The van der Waals surface area contributed by atoms with E-state index in [1.165, 1.54) is 0 Å². The monoisotopic (exact) mass is 378 g/mol. The van der Waals surface area contributed by atoms with Crippen molar-refractivity contribution >= 4 is 35.2 Å². The molecule has 0 bridgehead atoms. The van der Waals surface area contributed by atoms with Crippen molar-refractivity contribution in [1.29, 1.82) is 0 Å². The summed E-state index contributed by atoms with van der Waals surface area (Å²) in [6, 6.07) is 6.75. The topological polar surface area (TPSA) is 86.7 Å². The smallest absolute Gasteiger partial charge is 0.306 e. The summed E-state index contributed by atoms with van der Waals surface area (Å²) in [4.78, 5) is 37.4. The van der Waals surface area contributed by atoms with Crippen LogP contribution in [0.3, 0.4) is 0 Å². The Kier molecular flexibility index (Phi) is 7.50. The Morgan fingerprint density at radius 2 is 2.00 bits per heavy atom. The molecule has 1 fully saturated rings. The zero-order chi connectivity index (χ0) is 19.1. The van der Waals surface area contributed by atoms with Gasteiger partial charge in [0.05, 0.1) is 11.8 Å². The van der Waals surface area contributed by atoms with Crippen LogP contribution in [-0.4, -0.2) is 45.5 Å². The SMILES string of the molecule is CCCCC(=O)N1CSCC1C(=O)Nc1ccc(CC(C)C(=O)O)cc1. The molecule has 1 saturated heterocycles. The van der Waals surface area contributed by atoms with E-state index < -0.39 is 17.9 Å². The molecule has 1 aromatic carbocycles. The number of thioether (sulfide) groups is 1. The molecular weight excluding hydrogens is 352 g/mol. The first-order valence-electron chi connectivity index (χ1n) is 8.92. The molecule has 1 aromatic rings. The Morgan fingerprint density at radius 3 is 2.62 bits per heavy atom. The van der Waals surface area contributed by atoms with Gasteiger partial charge in [0.1, 0.15) is 6.04 Å². The predicted octanol–water partition coefficient (Wildman–Crippen LogP) is 2.98. The molecule has 1 aliphatic rings. The van der Waals surface area contributed by atoms with Gasteiger partial charge in [0.15, 0.2) is 0 Å². The second kappa shape index (κ2) is 9.62. The van der Waals surface area contributed by atoms with E-state index in [0.717, 1.165) is 18.4 Å². The summed E-state index contributed by atoms with van der Waals surface area (Å²) in [6.07, 6.45) is 2.72. The first-order chi connectivity index (χ1) is 12.4. The van der Waals surface area contributed by atoms with Crippen LogP contribution in [0.25, 0.3) is 0 Å². The predicted molar refractivity (Wildman–Crippen MR) is 103 cm³/mol. The molecular formula is C19H26N2O4S. The summed E-state index contributed by atoms with van der Waals surface area (Å²) in [6.45, 7) is 3.71. The maximum atomic E-state index is 12.6. The lowest BCUT2D eigenvalue weighted by atomic mass is 10.0. The number of anilines is 1. The van der Waals surface area contributed by atoms with E-state index in [1.54, 1.807) is 35.7 Å². The van der Waals surface area contributed by atoms with Crippen LogP contribution < -0.4 is 5.32 Å². The van der Waals surface area contributed by atoms with E-state index >= 15 is 0 Å². The molecule has 1 aliphatic heterocycles. The fraction of sp³-hybridized carbons (Fsp3) is 0.526. The molecule has 0 radical (unpaired) electrons. The third kappa shape index (κ3) is 5.49. The number of nitrogens with zero attached hydrogens (tertiary/aromatic N) is 1. The zero-order valence-electron chi connectivity index (χ0n) is 15.2. The number of carbonyl (C=O) groups is 3. The normalized spacial score (nSPS) is 17.8. The lowest BCUT2D eigenvalue weighted by Gasteiger charge is -2.23. The van der Waals surface area contributed by atoms with Gasteiger partial charge in [-0.1, -0.05) is 32.4 Å². The molecule has 2 N–H and O–H groups in total. The second-order valence-corrected chi connectivity index (χ2v) is 7.61. The van der Waals surface area contributed by atoms with Gasteiger partial charge in [-0.05, 0) is 30.5 Å². The molecule has 26 heavy (non-hydrogen) atoms. The molecule has 7 heteroatoms. The van der Waals surface area contributed by atoms with Gasteiger partial charge in [0, 0.05) is 17.9 Å². The first kappa shape index (κ1) is 20.3. The van der Waals surface area contributed by atoms with Crippen molar-refractivity contribution in [2.45, 2.75) is 45.6 Å². The lowest BCUT2D eigenvalue weighted by Crippen LogP contribution is -2.44. The van der Waals surface area contributed by atoms with E-state index in [0.29, 0.717) is 30.2 Å². The summed E-state index contributed by atoms with van der Waals surface area (Å²) >= 11 is 1.59. The number of carboxylic acid groups (broad SMARTS) is 1. The van der Waals surface area contributed by atoms with Gasteiger partial charge in [0.2, 0.25) is 11.8 Å². The fourth-order valence-corrected chi connectivity index (χ4v) is 3.95. The third-order valence-corrected chi connectivity index (χ3v) is 5.45. The minimum atomic E-state index is -0.825. The standard InChI is InChI=1S/C19H26N2O4S/c1-3-4-5-17(22)21-12-26-11-16(21)18(23)20-15-8-6-14(7-9-15)10-13(2)19(24)25/h6-9,13,16H,3-5,10-12H2,1-2H3,(H,20,23)(H,24,25). The molecule has 2 unspecified atom stereocenters. The van der Waals surface area contributed by atoms with Crippen molar-refractivity contribution in [2.75, 3.05) is 16.9 Å². The average molecular weight is 378 g/mol. The van der Waals surface area contributed by atoms with E-state index in [2.05, 4.69) is 5.32 Å². The number of amides is 2. The number of hydrogen-bond acceptors (Lipinski definition) is 4. The van der Waals surface area contributed by atoms with Crippen molar-refractivity contribution in [3.05, 3.63) is 29.8 Å². The highest BCUT2D eigenvalue weighted by molar-refractivity contribution is 7.99. The van der Waals surface area contributed by atoms with Crippen LogP contribution >= 0.6 is 11.8 Å². The molecule has 6 nitrogen and oxygen atoms in total. The molecule has 2 atom stereocenters. The molecule has 0 saturated carbocycles. The summed E-state index contributed by atoms with van der Waals surface area (Å²) in [7, 11) is 0. The number of hydrogen-bond donors (Lipinski definition) is 2. The molecule has 0 aromatic heterocycles. The van der Waals surface area contributed by atoms with Gasteiger partial charge in [-0.3, -0.25) is 14.4 Å². The van der Waals surface area contributed by atoms with Crippen LogP contribution in [0.1, 0.15) is 38.7 Å². The largest absolute Gasteiger partial charge is 0.481 e. The van der Waals surface area contributed by atoms with Crippen LogP contribution in [-0.2, 0) is 20.8 Å². The minimum Gasteiger partial charge on any atom is -0.481 e. The van der Waals surface area contributed by atoms with Crippen LogP contribution in [0.4, 0.5) is 5.69 Å². The summed E-state index contributed by atoms with van der Waals surface area (Å²) < 4.78 is 0. The van der Waals surface area contributed by atoms with Gasteiger partial charge in [-0.2, -0.15) is 0 Å². The molecule has 0 spiro atoms. The van der Waals surface area contributed by atoms with Gasteiger partial charge >= 0.3 is 5.97 Å². The maximum Gasteiger partial charge on any atom is 0.306 e. The lowest BCUT2D eigenvalue weighted by molar-refractivity contribution is -0.141. The molecule has 142 valence electrons. The highest BCUT2D eigenvalue weighted by atomic mass is 32.2. The average Bonchev–Trinajstić information content (AvgIpc) is 3.11. The van der Waals surface area contributed by atoms with E-state index in [4.69, 9.17) is 5.11 Å². The Morgan fingerprint density at radius 1 is 1.31 bits per heavy atom. The summed E-state index contributed by atoms with van der Waals surface area (Å²) in [5.74, 6) is -0.242. The van der Waals surface area contributed by atoms with Crippen molar-refractivity contribution in [1.82, 2.24) is 4.90 Å². The zero-order valence-corrected chi connectivity index (χ0v) is 16.1. The van der Waals surface area contributed by atoms with Crippen LogP contribution in [0.15, 0.2) is 24.3 Å². The van der Waals surface area contributed by atoms with Crippen molar-refractivity contribution in [3.8, 4) is 0 Å². The van der Waals surface area contributed by atoms with Gasteiger partial charge < -0.3 is 15.3 Å². The minimum absolute atomic E-state index is 0.0370. The van der Waals surface area contributed by atoms with Crippen molar-refractivity contribution < 1.29 is 19.5 Å². The Hall–Kier alpha value is -2.02. The third-order valence-electron chi connectivity index (χ3n) is 4.43. The van der Waals surface area contributed by atoms with E-state index in [9.17, 15) is 14.4 Å². The number of unbranched alkanes of at least 4 members (excludes halogenated alkanes) is 1. The second-order valence-electron chi connectivity index (χ2n) is 6.61. The van der Waals surface area contributed by atoms with Gasteiger partial charge in [-0.25, -0.2) is 0 Å². The summed E-state index contributed by atoms with van der Waals surface area (Å²) in [5, 5.41) is 11.8. The van der Waals surface area contributed by atoms with Crippen molar-refractivity contribution in [2.24, 2.45) is 5.92 Å². The molecule has 2 amide bonds. The Bertz CT molecular complexity index is 647. The maximum absolute atomic E-state index is 12.6. The van der Waals surface area contributed by atoms with E-state index in [1.807, 2.05) is 19.1 Å². The van der Waals surface area contributed by atoms with Crippen LogP contribution in [0, 0.1) is 5.92 Å². The number of carboxylic acids is 1. The highest BCUT2D eigenvalue weighted by Gasteiger charge is 2.34. The quantitative estimate of drug-likeness (QED) is 0.726. The Labute approximate surface area is 158 Å². The van der Waals surface area contributed by atoms with Crippen LogP contribution in [0.5, 0.6) is 0 Å². The Balaban J connectivity index is 1.94. The van der Waals surface area contributed by atoms with E-state index in [-0.39, 0.29) is 11.8 Å². The first-order valence-corrected chi connectivity index (χ1v) is 10.1. The highest BCUT2D eigenvalue weighted by Crippen LogP contribution is 2.24. The van der Waals surface area contributed by atoms with Crippen LogP contribution in [0.2, 0.25) is 0 Å². The fourth-order valence-electron chi connectivity index (χ4n) is 2.77. The van der Waals surface area contributed by atoms with Gasteiger partial charge in [0.25, 0.3) is 0 Å². The number of aliphatic carboxylic acids is 1. The number of nitrogens with one attached hydrogen (secondary N) is 1. The number of benzene rings is 1.